The van der Waals surface area contributed by atoms with E-state index in [4.69, 9.17) is 4.42 Å². The first-order valence-corrected chi connectivity index (χ1v) is 10.3. The van der Waals surface area contributed by atoms with Gasteiger partial charge in [0.25, 0.3) is 0 Å². The second kappa shape index (κ2) is 9.34. The summed E-state index contributed by atoms with van der Waals surface area (Å²) in [6, 6.07) is 11.4. The van der Waals surface area contributed by atoms with Crippen LogP contribution < -0.4 is 5.32 Å². The minimum atomic E-state index is -4.64. The molecular weight excluding hydrogens is 415 g/mol. The maximum absolute atomic E-state index is 13.2. The summed E-state index contributed by atoms with van der Waals surface area (Å²) in [5.74, 6) is 0.116. The van der Waals surface area contributed by atoms with Gasteiger partial charge in [-0.05, 0) is 48.2 Å². The highest BCUT2D eigenvalue weighted by Crippen LogP contribution is 2.32. The van der Waals surface area contributed by atoms with Crippen LogP contribution in [0.15, 0.2) is 58.3 Å². The van der Waals surface area contributed by atoms with Crippen molar-refractivity contribution in [3.8, 4) is 11.5 Å². The molecule has 0 aliphatic carbocycles. The molecule has 1 aromatic carbocycles. The topological polar surface area (TPSA) is 68.0 Å². The van der Waals surface area contributed by atoms with Gasteiger partial charge in [0, 0.05) is 5.69 Å². The van der Waals surface area contributed by atoms with Gasteiger partial charge in [-0.15, -0.1) is 0 Å². The fourth-order valence-corrected chi connectivity index (χ4v) is 3.30. The average molecular weight is 435 g/mol. The van der Waals surface area contributed by atoms with Crippen molar-refractivity contribution in [3.05, 3.63) is 60.0 Å². The van der Waals surface area contributed by atoms with Gasteiger partial charge < -0.3 is 9.73 Å². The van der Waals surface area contributed by atoms with E-state index in [0.717, 1.165) is 24.2 Å². The predicted molar refractivity (Wildman–Crippen MR) is 109 cm³/mol. The summed E-state index contributed by atoms with van der Waals surface area (Å²) >= 11 is 0.825. The van der Waals surface area contributed by atoms with E-state index in [2.05, 4.69) is 29.1 Å². The molecule has 0 spiro atoms. The number of benzene rings is 1. The molecule has 158 valence electrons. The van der Waals surface area contributed by atoms with Crippen molar-refractivity contribution in [2.75, 3.05) is 11.1 Å². The SMILES string of the molecule is CC[C@@H](C)c1ccc(NC(=O)CSc2nc(-c3ccco3)cc(C(F)(F)F)n2)cc1. The molecule has 0 radical (unpaired) electrons. The molecule has 2 heterocycles. The van der Waals surface area contributed by atoms with Crippen molar-refractivity contribution in [2.45, 2.75) is 37.5 Å². The Morgan fingerprint density at radius 1 is 1.20 bits per heavy atom. The summed E-state index contributed by atoms with van der Waals surface area (Å²) in [4.78, 5) is 19.9. The molecule has 1 amide bonds. The number of carbonyl (C=O) groups excluding carboxylic acids is 1. The van der Waals surface area contributed by atoms with Crippen LogP contribution in [-0.4, -0.2) is 21.6 Å². The number of nitrogens with zero attached hydrogens (tertiary/aromatic N) is 2. The quantitative estimate of drug-likeness (QED) is 0.364. The monoisotopic (exact) mass is 435 g/mol. The molecule has 0 saturated carbocycles. The molecule has 1 N–H and O–H groups in total. The smallest absolute Gasteiger partial charge is 0.433 e. The number of carbonyl (C=O) groups is 1. The normalized spacial score (nSPS) is 12.6. The molecule has 30 heavy (non-hydrogen) atoms. The molecule has 0 unspecified atom stereocenters. The Morgan fingerprint density at radius 2 is 1.93 bits per heavy atom. The standard InChI is InChI=1S/C21H20F3N3O2S/c1-3-13(2)14-6-8-15(9-7-14)25-19(28)12-30-20-26-16(17-5-4-10-29-17)11-18(27-20)21(22,23)24/h4-11,13H,3,12H2,1-2H3,(H,25,28)/t13-/m1/s1. The number of thioether (sulfide) groups is 1. The molecule has 0 aliphatic rings. The van der Waals surface area contributed by atoms with Gasteiger partial charge in [-0.3, -0.25) is 4.79 Å². The van der Waals surface area contributed by atoms with Crippen molar-refractivity contribution in [2.24, 2.45) is 0 Å². The number of hydrogen-bond donors (Lipinski definition) is 1. The van der Waals surface area contributed by atoms with Crippen LogP contribution in [-0.2, 0) is 11.0 Å². The van der Waals surface area contributed by atoms with E-state index in [-0.39, 0.29) is 28.3 Å². The highest BCUT2D eigenvalue weighted by Gasteiger charge is 2.34. The third-order valence-electron chi connectivity index (χ3n) is 4.48. The fourth-order valence-electron chi connectivity index (χ4n) is 2.64. The largest absolute Gasteiger partial charge is 0.463 e. The number of aromatic nitrogens is 2. The van der Waals surface area contributed by atoms with Gasteiger partial charge in [-0.1, -0.05) is 37.7 Å². The molecule has 5 nitrogen and oxygen atoms in total. The van der Waals surface area contributed by atoms with Gasteiger partial charge in [0.1, 0.15) is 11.4 Å². The van der Waals surface area contributed by atoms with Crippen LogP contribution in [0.2, 0.25) is 0 Å². The first kappa shape index (κ1) is 21.9. The van der Waals surface area contributed by atoms with E-state index in [1.807, 2.05) is 12.1 Å². The van der Waals surface area contributed by atoms with Crippen LogP contribution in [0.5, 0.6) is 0 Å². The second-order valence-corrected chi connectivity index (χ2v) is 7.61. The van der Waals surface area contributed by atoms with Crippen LogP contribution in [0.4, 0.5) is 18.9 Å². The maximum Gasteiger partial charge on any atom is 0.433 e. The zero-order valence-corrected chi connectivity index (χ0v) is 17.2. The number of anilines is 1. The minimum Gasteiger partial charge on any atom is -0.463 e. The summed E-state index contributed by atoms with van der Waals surface area (Å²) in [5, 5.41) is 2.57. The Labute approximate surface area is 176 Å². The molecule has 0 saturated heterocycles. The van der Waals surface area contributed by atoms with Crippen LogP contribution in [0.3, 0.4) is 0 Å². The lowest BCUT2D eigenvalue weighted by Gasteiger charge is -2.11. The first-order valence-electron chi connectivity index (χ1n) is 9.29. The molecule has 2 aromatic heterocycles. The Bertz CT molecular complexity index is 990. The van der Waals surface area contributed by atoms with Gasteiger partial charge in [-0.2, -0.15) is 13.2 Å². The van der Waals surface area contributed by atoms with Gasteiger partial charge >= 0.3 is 6.18 Å². The lowest BCUT2D eigenvalue weighted by Crippen LogP contribution is -2.15. The molecule has 3 aromatic rings. The maximum atomic E-state index is 13.2. The second-order valence-electron chi connectivity index (χ2n) is 6.66. The van der Waals surface area contributed by atoms with Crippen LogP contribution in [0.25, 0.3) is 11.5 Å². The van der Waals surface area contributed by atoms with Crippen LogP contribution >= 0.6 is 11.8 Å². The van der Waals surface area contributed by atoms with E-state index in [9.17, 15) is 18.0 Å². The Balaban J connectivity index is 1.68. The number of alkyl halides is 3. The van der Waals surface area contributed by atoms with Gasteiger partial charge in [-0.25, -0.2) is 9.97 Å². The third kappa shape index (κ3) is 5.63. The van der Waals surface area contributed by atoms with Crippen molar-refractivity contribution in [1.29, 1.82) is 0 Å². The summed E-state index contributed by atoms with van der Waals surface area (Å²) in [6.07, 6.45) is -2.28. The van der Waals surface area contributed by atoms with Gasteiger partial charge in [0.15, 0.2) is 10.9 Å². The zero-order valence-electron chi connectivity index (χ0n) is 16.4. The average Bonchev–Trinajstić information content (AvgIpc) is 3.26. The Morgan fingerprint density at radius 3 is 2.53 bits per heavy atom. The Kier molecular flexibility index (Phi) is 6.81. The van der Waals surface area contributed by atoms with Crippen molar-refractivity contribution < 1.29 is 22.4 Å². The molecule has 3 rings (SSSR count). The number of furan rings is 1. The number of nitrogens with one attached hydrogen (secondary N) is 1. The number of rotatable bonds is 7. The Hall–Kier alpha value is -2.81. The first-order chi connectivity index (χ1) is 14.3. The molecule has 9 heteroatoms. The van der Waals surface area contributed by atoms with E-state index in [1.54, 1.807) is 18.2 Å². The highest BCUT2D eigenvalue weighted by atomic mass is 32.2. The number of hydrogen-bond acceptors (Lipinski definition) is 5. The molecule has 0 bridgehead atoms. The third-order valence-corrected chi connectivity index (χ3v) is 5.33. The zero-order chi connectivity index (χ0) is 21.7. The number of halogens is 3. The van der Waals surface area contributed by atoms with E-state index < -0.39 is 11.9 Å². The van der Waals surface area contributed by atoms with Crippen LogP contribution in [0, 0.1) is 0 Å². The van der Waals surface area contributed by atoms with Crippen molar-refractivity contribution in [3.63, 3.8) is 0 Å². The summed E-state index contributed by atoms with van der Waals surface area (Å²) in [7, 11) is 0. The minimum absolute atomic E-state index is 0.00543. The summed E-state index contributed by atoms with van der Waals surface area (Å²) in [5.41, 5.74) is 0.708. The fraction of sp³-hybridized carbons (Fsp3) is 0.286. The predicted octanol–water partition coefficient (Wildman–Crippen LogP) is 6.00. The van der Waals surface area contributed by atoms with E-state index in [1.165, 1.54) is 17.9 Å². The lowest BCUT2D eigenvalue weighted by molar-refractivity contribution is -0.141. The van der Waals surface area contributed by atoms with E-state index >= 15 is 0 Å². The lowest BCUT2D eigenvalue weighted by atomic mass is 9.99. The van der Waals surface area contributed by atoms with Crippen LogP contribution in [0.1, 0.15) is 37.4 Å². The molecule has 0 fully saturated rings. The van der Waals surface area contributed by atoms with Gasteiger partial charge in [0.2, 0.25) is 5.91 Å². The molecule has 0 aliphatic heterocycles. The van der Waals surface area contributed by atoms with Gasteiger partial charge in [0.05, 0.1) is 12.0 Å². The van der Waals surface area contributed by atoms with Crippen molar-refractivity contribution in [1.82, 2.24) is 9.97 Å². The summed E-state index contributed by atoms with van der Waals surface area (Å²) in [6.45, 7) is 4.22. The summed E-state index contributed by atoms with van der Waals surface area (Å²) < 4.78 is 44.7. The number of amides is 1. The molecule has 1 atom stereocenters. The van der Waals surface area contributed by atoms with Crippen molar-refractivity contribution >= 4 is 23.4 Å². The highest BCUT2D eigenvalue weighted by molar-refractivity contribution is 7.99. The van der Waals surface area contributed by atoms with E-state index in [0.29, 0.717) is 11.6 Å². The molecular formula is C21H20F3N3O2S.